The van der Waals surface area contributed by atoms with Gasteiger partial charge in [0.1, 0.15) is 0 Å². The molecule has 210 valence electrons. The summed E-state index contributed by atoms with van der Waals surface area (Å²) < 4.78 is 0. The molecule has 1 aliphatic heterocycles. The van der Waals surface area contributed by atoms with Gasteiger partial charge in [-0.05, 0) is 57.0 Å². The second-order valence-corrected chi connectivity index (χ2v) is 9.60. The fraction of sp³-hybridized carbons (Fsp3) is 0.464. The van der Waals surface area contributed by atoms with Crippen LogP contribution in [-0.4, -0.2) is 90.9 Å². The highest BCUT2D eigenvalue weighted by atomic mass is 16.2. The Morgan fingerprint density at radius 2 is 1.92 bits per heavy atom. The number of likely N-dealkylation sites (tertiary alicyclic amines) is 1. The maximum absolute atomic E-state index is 12.3. The number of likely N-dealkylation sites (N-methyl/N-ethyl adjacent to an activating group) is 1. The average molecular weight is 537 g/mol. The number of nitrogens with zero attached hydrogens (tertiary/aromatic N) is 5. The van der Waals surface area contributed by atoms with Gasteiger partial charge in [0.2, 0.25) is 11.8 Å². The van der Waals surface area contributed by atoms with Gasteiger partial charge in [0, 0.05) is 45.5 Å². The Morgan fingerprint density at radius 1 is 1.15 bits per heavy atom. The minimum absolute atomic E-state index is 0.00859. The first kappa shape index (κ1) is 29.6. The van der Waals surface area contributed by atoms with Crippen LogP contribution in [0.15, 0.2) is 36.4 Å². The summed E-state index contributed by atoms with van der Waals surface area (Å²) in [7, 11) is 3.54. The largest absolute Gasteiger partial charge is 0.364 e. The number of hydrogen-bond donors (Lipinski definition) is 3. The van der Waals surface area contributed by atoms with E-state index < -0.39 is 5.91 Å². The molecule has 2 aromatic rings. The smallest absolute Gasteiger partial charge is 0.271 e. The molecular weight excluding hydrogens is 496 g/mol. The maximum Gasteiger partial charge on any atom is 0.271 e. The zero-order chi connectivity index (χ0) is 28.4. The molecule has 4 N–H and O–H groups in total. The van der Waals surface area contributed by atoms with E-state index in [4.69, 9.17) is 5.73 Å². The minimum Gasteiger partial charge on any atom is -0.364 e. The lowest BCUT2D eigenvalue weighted by Gasteiger charge is -2.29. The van der Waals surface area contributed by atoms with Crippen LogP contribution in [-0.2, 0) is 22.4 Å². The van der Waals surface area contributed by atoms with E-state index in [2.05, 4.69) is 25.5 Å². The van der Waals surface area contributed by atoms with Crippen LogP contribution >= 0.6 is 0 Å². The molecule has 1 aliphatic rings. The molecule has 0 radical (unpaired) electrons. The van der Waals surface area contributed by atoms with E-state index in [1.54, 1.807) is 7.05 Å². The van der Waals surface area contributed by atoms with Crippen LogP contribution in [0, 0.1) is 0 Å². The van der Waals surface area contributed by atoms with Gasteiger partial charge in [-0.15, -0.1) is 0 Å². The highest BCUT2D eigenvalue weighted by molar-refractivity contribution is 5.96. The van der Waals surface area contributed by atoms with Crippen LogP contribution in [0.3, 0.4) is 0 Å². The molecule has 1 aromatic heterocycles. The summed E-state index contributed by atoms with van der Waals surface area (Å²) in [5.74, 6) is -0.0720. The molecule has 0 saturated carbocycles. The number of aryl methyl sites for hydroxylation is 1. The van der Waals surface area contributed by atoms with Crippen LogP contribution in [0.5, 0.6) is 0 Å². The predicted molar refractivity (Wildman–Crippen MR) is 153 cm³/mol. The summed E-state index contributed by atoms with van der Waals surface area (Å²) in [5.41, 5.74) is 8.10. The lowest BCUT2D eigenvalue weighted by atomic mass is 10.1. The van der Waals surface area contributed by atoms with Gasteiger partial charge in [-0.25, -0.2) is 9.97 Å². The van der Waals surface area contributed by atoms with Crippen LogP contribution in [0.4, 0.5) is 17.3 Å². The third-order valence-electron chi connectivity index (χ3n) is 6.61. The summed E-state index contributed by atoms with van der Waals surface area (Å²) in [6.07, 6.45) is 5.78. The molecule has 1 fully saturated rings. The molecule has 0 bridgehead atoms. The van der Waals surface area contributed by atoms with E-state index in [1.807, 2.05) is 56.1 Å². The van der Waals surface area contributed by atoms with E-state index in [9.17, 15) is 14.4 Å². The Bertz CT molecular complexity index is 1200. The first-order valence-electron chi connectivity index (χ1n) is 13.4. The number of primary amides is 1. The molecule has 11 nitrogen and oxygen atoms in total. The molecule has 3 rings (SSSR count). The van der Waals surface area contributed by atoms with Crippen molar-refractivity contribution in [2.45, 2.75) is 33.1 Å². The molecule has 1 aromatic carbocycles. The summed E-state index contributed by atoms with van der Waals surface area (Å²) in [6, 6.07) is 7.62. The quantitative estimate of drug-likeness (QED) is 0.311. The number of hydrogen-bond acceptors (Lipinski definition) is 8. The lowest BCUT2D eigenvalue weighted by Crippen LogP contribution is -2.39. The third-order valence-corrected chi connectivity index (χ3v) is 6.61. The Morgan fingerprint density at radius 3 is 2.56 bits per heavy atom. The molecule has 0 aliphatic carbocycles. The Balaban J connectivity index is 1.56. The van der Waals surface area contributed by atoms with Crippen molar-refractivity contribution in [1.82, 2.24) is 25.1 Å². The zero-order valence-electron chi connectivity index (χ0n) is 23.4. The van der Waals surface area contributed by atoms with Crippen molar-refractivity contribution in [3.05, 3.63) is 53.4 Å². The van der Waals surface area contributed by atoms with Crippen molar-refractivity contribution < 1.29 is 14.4 Å². The van der Waals surface area contributed by atoms with Crippen molar-refractivity contribution in [3.63, 3.8) is 0 Å². The van der Waals surface area contributed by atoms with Crippen molar-refractivity contribution in [3.8, 4) is 0 Å². The van der Waals surface area contributed by atoms with Gasteiger partial charge in [0.05, 0.1) is 12.2 Å². The molecule has 2 heterocycles. The van der Waals surface area contributed by atoms with Crippen molar-refractivity contribution >= 4 is 35.0 Å². The topological polar surface area (TPSA) is 137 Å². The molecule has 0 spiro atoms. The summed E-state index contributed by atoms with van der Waals surface area (Å²) in [4.78, 5) is 51.5. The van der Waals surface area contributed by atoms with Gasteiger partial charge >= 0.3 is 0 Å². The van der Waals surface area contributed by atoms with Gasteiger partial charge in [0.15, 0.2) is 17.3 Å². The van der Waals surface area contributed by atoms with E-state index >= 15 is 0 Å². The third kappa shape index (κ3) is 8.51. The summed E-state index contributed by atoms with van der Waals surface area (Å²) in [5, 5.41) is 6.06. The number of nitrogens with one attached hydrogen (secondary N) is 2. The number of aromatic nitrogens is 2. The average Bonchev–Trinajstić information content (AvgIpc) is 2.89. The molecule has 1 saturated heterocycles. The van der Waals surface area contributed by atoms with Crippen LogP contribution in [0.1, 0.15) is 42.0 Å². The predicted octanol–water partition coefficient (Wildman–Crippen LogP) is 1.72. The van der Waals surface area contributed by atoms with E-state index in [0.717, 1.165) is 37.4 Å². The van der Waals surface area contributed by atoms with Crippen molar-refractivity contribution in [2.75, 3.05) is 63.6 Å². The molecule has 3 amide bonds. The SMILES string of the molecule is CCc1nc(C(N)=O)c(Nc2cccc(CCNC(=O)CN(C)C(=O)C=CCN3CCC3)c2)nc1N(C)CC. The Kier molecular flexibility index (Phi) is 10.8. The first-order valence-corrected chi connectivity index (χ1v) is 13.4. The van der Waals surface area contributed by atoms with E-state index in [0.29, 0.717) is 36.7 Å². The number of amides is 3. The monoisotopic (exact) mass is 536 g/mol. The second kappa shape index (κ2) is 14.2. The van der Waals surface area contributed by atoms with Gasteiger partial charge in [-0.2, -0.15) is 0 Å². The number of nitrogens with two attached hydrogens (primary N) is 1. The first-order chi connectivity index (χ1) is 18.7. The van der Waals surface area contributed by atoms with Crippen LogP contribution < -0.4 is 21.3 Å². The number of benzene rings is 1. The number of anilines is 3. The van der Waals surface area contributed by atoms with Gasteiger partial charge in [-0.3, -0.25) is 19.3 Å². The van der Waals surface area contributed by atoms with Crippen LogP contribution in [0.25, 0.3) is 0 Å². The lowest BCUT2D eigenvalue weighted by molar-refractivity contribution is -0.131. The van der Waals surface area contributed by atoms with Gasteiger partial charge in [-0.1, -0.05) is 25.1 Å². The maximum atomic E-state index is 12.3. The standard InChI is InChI=1S/C28H40N8O3/c1-5-22-28(34(3)6-2)33-27(25(32-22)26(29)39)31-21-11-7-10-20(18-21)13-14-30-23(37)19-35(4)24(38)12-8-15-36-16-9-17-36/h7-8,10-12,18H,5-6,9,13-17,19H2,1-4H3,(H2,29,39)(H,30,37)(H,31,33). The zero-order valence-corrected chi connectivity index (χ0v) is 23.4. The summed E-state index contributed by atoms with van der Waals surface area (Å²) in [6.45, 7) is 8.02. The molecular formula is C28H40N8O3. The number of rotatable bonds is 14. The molecule has 39 heavy (non-hydrogen) atoms. The van der Waals surface area contributed by atoms with E-state index in [1.165, 1.54) is 17.4 Å². The molecule has 0 atom stereocenters. The second-order valence-electron chi connectivity index (χ2n) is 9.60. The highest BCUT2D eigenvalue weighted by Crippen LogP contribution is 2.24. The van der Waals surface area contributed by atoms with Gasteiger partial charge < -0.3 is 26.2 Å². The molecule has 11 heteroatoms. The normalized spacial score (nSPS) is 13.1. The van der Waals surface area contributed by atoms with E-state index in [-0.39, 0.29) is 24.1 Å². The minimum atomic E-state index is -0.653. The van der Waals surface area contributed by atoms with Crippen LogP contribution in [0.2, 0.25) is 0 Å². The fourth-order valence-corrected chi connectivity index (χ4v) is 4.04. The van der Waals surface area contributed by atoms with Crippen molar-refractivity contribution in [2.24, 2.45) is 5.73 Å². The Labute approximate surface area is 230 Å². The van der Waals surface area contributed by atoms with Crippen molar-refractivity contribution in [1.29, 1.82) is 0 Å². The fourth-order valence-electron chi connectivity index (χ4n) is 4.04. The molecule has 0 unspecified atom stereocenters. The number of carbonyl (C=O) groups is 3. The summed E-state index contributed by atoms with van der Waals surface area (Å²) >= 11 is 0. The Hall–Kier alpha value is -3.99. The highest BCUT2D eigenvalue weighted by Gasteiger charge is 2.19. The van der Waals surface area contributed by atoms with Gasteiger partial charge in [0.25, 0.3) is 5.91 Å². The number of carbonyl (C=O) groups excluding carboxylic acids is 3.